The van der Waals surface area contributed by atoms with Gasteiger partial charge in [0.05, 0.1) is 7.11 Å². The summed E-state index contributed by atoms with van der Waals surface area (Å²) in [6, 6.07) is 9.12. The summed E-state index contributed by atoms with van der Waals surface area (Å²) in [5, 5.41) is 0. The lowest BCUT2D eigenvalue weighted by molar-refractivity contribution is -0.140. The van der Waals surface area contributed by atoms with Crippen LogP contribution in [0.25, 0.3) is 0 Å². The number of rotatable bonds is 11. The van der Waals surface area contributed by atoms with Crippen LogP contribution in [0.3, 0.4) is 0 Å². The zero-order chi connectivity index (χ0) is 15.3. The van der Waals surface area contributed by atoms with E-state index in [1.807, 2.05) is 0 Å². The van der Waals surface area contributed by atoms with E-state index in [4.69, 9.17) is 0 Å². The molecule has 0 aliphatic carbocycles. The van der Waals surface area contributed by atoms with Crippen molar-refractivity contribution >= 4 is 5.97 Å². The van der Waals surface area contributed by atoms with Crippen LogP contribution in [0.15, 0.2) is 24.3 Å². The first-order valence-electron chi connectivity index (χ1n) is 8.41. The molecule has 2 heteroatoms. The molecular formula is C19H30O2. The summed E-state index contributed by atoms with van der Waals surface area (Å²) in [6.07, 6.45) is 11.3. The maximum atomic E-state index is 11.0. The first-order chi connectivity index (χ1) is 10.3. The number of hydrogen-bond acceptors (Lipinski definition) is 2. The number of aryl methyl sites for hydroxylation is 2. The zero-order valence-electron chi connectivity index (χ0n) is 13.7. The van der Waals surface area contributed by atoms with Crippen LogP contribution in [-0.2, 0) is 22.4 Å². The second kappa shape index (κ2) is 11.4. The highest BCUT2D eigenvalue weighted by Gasteiger charge is 1.99. The van der Waals surface area contributed by atoms with Crippen molar-refractivity contribution < 1.29 is 9.53 Å². The predicted molar refractivity (Wildman–Crippen MR) is 88.5 cm³/mol. The van der Waals surface area contributed by atoms with E-state index in [0.29, 0.717) is 6.42 Å². The van der Waals surface area contributed by atoms with E-state index >= 15 is 0 Å². The van der Waals surface area contributed by atoms with Gasteiger partial charge in [-0.3, -0.25) is 4.79 Å². The first kappa shape index (κ1) is 17.7. The van der Waals surface area contributed by atoms with Gasteiger partial charge in [0.25, 0.3) is 0 Å². The van der Waals surface area contributed by atoms with Gasteiger partial charge in [0, 0.05) is 6.42 Å². The van der Waals surface area contributed by atoms with Crippen molar-refractivity contribution in [1.29, 1.82) is 0 Å². The van der Waals surface area contributed by atoms with Gasteiger partial charge in [-0.1, -0.05) is 56.9 Å². The molecule has 0 N–H and O–H groups in total. The summed E-state index contributed by atoms with van der Waals surface area (Å²) in [4.78, 5) is 11.0. The monoisotopic (exact) mass is 290 g/mol. The number of esters is 1. The number of benzene rings is 1. The Morgan fingerprint density at radius 1 is 0.857 bits per heavy atom. The predicted octanol–water partition coefficient (Wildman–Crippen LogP) is 5.09. The number of hydrogen-bond donors (Lipinski definition) is 0. The first-order valence-corrected chi connectivity index (χ1v) is 8.41. The van der Waals surface area contributed by atoms with Crippen molar-refractivity contribution in [3.8, 4) is 0 Å². The molecule has 0 fully saturated rings. The summed E-state index contributed by atoms with van der Waals surface area (Å²) in [5.41, 5.74) is 2.91. The second-order valence-corrected chi connectivity index (χ2v) is 5.76. The minimum absolute atomic E-state index is 0.0850. The van der Waals surface area contributed by atoms with Crippen molar-refractivity contribution in [3.05, 3.63) is 35.4 Å². The number of carbonyl (C=O) groups excluding carboxylic acids is 1. The molecule has 0 unspecified atom stereocenters. The average molecular weight is 290 g/mol. The molecular weight excluding hydrogens is 260 g/mol. The molecule has 2 nitrogen and oxygen atoms in total. The molecule has 1 aromatic carbocycles. The molecule has 0 saturated heterocycles. The van der Waals surface area contributed by atoms with Crippen molar-refractivity contribution in [2.45, 2.75) is 71.1 Å². The average Bonchev–Trinajstić information content (AvgIpc) is 2.52. The van der Waals surface area contributed by atoms with E-state index in [1.54, 1.807) is 0 Å². The minimum atomic E-state index is -0.0850. The Balaban J connectivity index is 2.06. The molecule has 21 heavy (non-hydrogen) atoms. The maximum absolute atomic E-state index is 11.0. The number of unbranched alkanes of at least 4 members (excludes halogenated alkanes) is 5. The highest BCUT2D eigenvalue weighted by molar-refractivity contribution is 5.68. The van der Waals surface area contributed by atoms with Crippen LogP contribution < -0.4 is 0 Å². The van der Waals surface area contributed by atoms with E-state index in [1.165, 1.54) is 63.2 Å². The Morgan fingerprint density at radius 3 is 1.95 bits per heavy atom. The molecule has 118 valence electrons. The van der Waals surface area contributed by atoms with Crippen LogP contribution in [0, 0.1) is 0 Å². The van der Waals surface area contributed by atoms with Crippen molar-refractivity contribution in [3.63, 3.8) is 0 Å². The topological polar surface area (TPSA) is 26.3 Å². The van der Waals surface area contributed by atoms with E-state index in [0.717, 1.165) is 12.8 Å². The lowest BCUT2D eigenvalue weighted by atomic mass is 10.0. The molecule has 1 rings (SSSR count). The van der Waals surface area contributed by atoms with E-state index < -0.39 is 0 Å². The van der Waals surface area contributed by atoms with Crippen LogP contribution >= 0.6 is 0 Å². The smallest absolute Gasteiger partial charge is 0.305 e. The van der Waals surface area contributed by atoms with Gasteiger partial charge in [-0.2, -0.15) is 0 Å². The van der Waals surface area contributed by atoms with Gasteiger partial charge < -0.3 is 4.74 Å². The van der Waals surface area contributed by atoms with Gasteiger partial charge >= 0.3 is 5.97 Å². The van der Waals surface area contributed by atoms with Gasteiger partial charge in [0.1, 0.15) is 0 Å². The zero-order valence-corrected chi connectivity index (χ0v) is 13.7. The SMILES string of the molecule is CCCCc1ccc(CCCCCCCC(=O)OC)cc1. The van der Waals surface area contributed by atoms with Crippen LogP contribution in [0.2, 0.25) is 0 Å². The standard InChI is InChI=1S/C19H30O2/c1-3-4-10-17-13-15-18(16-14-17)11-8-6-5-7-9-12-19(20)21-2/h13-16H,3-12H2,1-2H3. The largest absolute Gasteiger partial charge is 0.469 e. The second-order valence-electron chi connectivity index (χ2n) is 5.76. The van der Waals surface area contributed by atoms with Gasteiger partial charge in [-0.25, -0.2) is 0 Å². The number of methoxy groups -OCH3 is 1. The third kappa shape index (κ3) is 8.54. The molecule has 0 amide bonds. The highest BCUT2D eigenvalue weighted by Crippen LogP contribution is 2.12. The normalized spacial score (nSPS) is 10.6. The Kier molecular flexibility index (Phi) is 9.60. The molecule has 1 aromatic rings. The minimum Gasteiger partial charge on any atom is -0.469 e. The summed E-state index contributed by atoms with van der Waals surface area (Å²) in [5.74, 6) is -0.0850. The van der Waals surface area contributed by atoms with Crippen LogP contribution in [0.1, 0.15) is 69.4 Å². The van der Waals surface area contributed by atoms with E-state index in [2.05, 4.69) is 35.9 Å². The summed E-state index contributed by atoms with van der Waals surface area (Å²) < 4.78 is 4.63. The lowest BCUT2D eigenvalue weighted by Crippen LogP contribution is -1.99. The molecule has 0 bridgehead atoms. The maximum Gasteiger partial charge on any atom is 0.305 e. The van der Waals surface area contributed by atoms with E-state index in [9.17, 15) is 4.79 Å². The molecule has 0 aliphatic rings. The van der Waals surface area contributed by atoms with Gasteiger partial charge in [-0.05, 0) is 43.2 Å². The summed E-state index contributed by atoms with van der Waals surface area (Å²) >= 11 is 0. The van der Waals surface area contributed by atoms with Crippen molar-refractivity contribution in [2.24, 2.45) is 0 Å². The fraction of sp³-hybridized carbons (Fsp3) is 0.632. The van der Waals surface area contributed by atoms with Crippen molar-refractivity contribution in [2.75, 3.05) is 7.11 Å². The Hall–Kier alpha value is -1.31. The molecule has 0 saturated carbocycles. The van der Waals surface area contributed by atoms with Gasteiger partial charge in [0.15, 0.2) is 0 Å². The lowest BCUT2D eigenvalue weighted by Gasteiger charge is -2.04. The highest BCUT2D eigenvalue weighted by atomic mass is 16.5. The molecule has 0 atom stereocenters. The number of carbonyl (C=O) groups is 1. The summed E-state index contributed by atoms with van der Waals surface area (Å²) in [6.45, 7) is 2.24. The van der Waals surface area contributed by atoms with Crippen LogP contribution in [0.4, 0.5) is 0 Å². The van der Waals surface area contributed by atoms with Crippen LogP contribution in [-0.4, -0.2) is 13.1 Å². The molecule has 0 spiro atoms. The fourth-order valence-corrected chi connectivity index (χ4v) is 2.48. The third-order valence-electron chi connectivity index (χ3n) is 3.92. The van der Waals surface area contributed by atoms with E-state index in [-0.39, 0.29) is 5.97 Å². The van der Waals surface area contributed by atoms with Crippen LogP contribution in [0.5, 0.6) is 0 Å². The molecule has 0 radical (unpaired) electrons. The molecule has 0 aromatic heterocycles. The Labute approximate surface area is 129 Å². The fourth-order valence-electron chi connectivity index (χ4n) is 2.48. The van der Waals surface area contributed by atoms with Gasteiger partial charge in [0.2, 0.25) is 0 Å². The van der Waals surface area contributed by atoms with Crippen molar-refractivity contribution in [1.82, 2.24) is 0 Å². The quantitative estimate of drug-likeness (QED) is 0.419. The Bertz CT molecular complexity index is 381. The summed E-state index contributed by atoms with van der Waals surface area (Å²) in [7, 11) is 1.45. The molecule has 0 aliphatic heterocycles. The molecule has 0 heterocycles. The van der Waals surface area contributed by atoms with Gasteiger partial charge in [-0.15, -0.1) is 0 Å². The number of ether oxygens (including phenoxy) is 1. The third-order valence-corrected chi connectivity index (χ3v) is 3.92. The Morgan fingerprint density at radius 2 is 1.38 bits per heavy atom.